The number of carbonyl (C=O) groups excluding carboxylic acids is 1. The first-order valence-electron chi connectivity index (χ1n) is 7.94. The van der Waals surface area contributed by atoms with Crippen LogP contribution >= 0.6 is 0 Å². The minimum absolute atomic E-state index is 0.0226. The second kappa shape index (κ2) is 7.90. The standard InChI is InChI=1S/C16H25N3O3S/c1-3-13-5-4-6-15(11-13)17-16(20)12-19-9-7-14(8-10-19)18-23(2,21)22/h4-6,11,14,18H,3,7-10,12H2,1-2H3,(H,17,20). The van der Waals surface area contributed by atoms with Crippen LogP contribution < -0.4 is 10.0 Å². The summed E-state index contributed by atoms with van der Waals surface area (Å²) in [6.07, 6.45) is 3.57. The zero-order valence-electron chi connectivity index (χ0n) is 13.7. The molecule has 0 aromatic heterocycles. The number of hydrogen-bond donors (Lipinski definition) is 2. The molecule has 0 aliphatic carbocycles. The van der Waals surface area contributed by atoms with Gasteiger partial charge in [-0.3, -0.25) is 9.69 Å². The van der Waals surface area contributed by atoms with E-state index in [1.54, 1.807) is 0 Å². The van der Waals surface area contributed by atoms with Gasteiger partial charge in [-0.05, 0) is 37.0 Å². The average Bonchev–Trinajstić information content (AvgIpc) is 2.48. The lowest BCUT2D eigenvalue weighted by molar-refractivity contribution is -0.117. The predicted molar refractivity (Wildman–Crippen MR) is 91.9 cm³/mol. The van der Waals surface area contributed by atoms with Crippen LogP contribution in [0, 0.1) is 0 Å². The van der Waals surface area contributed by atoms with Crippen molar-refractivity contribution in [3.63, 3.8) is 0 Å². The van der Waals surface area contributed by atoms with Gasteiger partial charge in [-0.15, -0.1) is 0 Å². The van der Waals surface area contributed by atoms with Crippen molar-refractivity contribution in [1.29, 1.82) is 0 Å². The molecule has 1 aliphatic heterocycles. The van der Waals surface area contributed by atoms with Gasteiger partial charge >= 0.3 is 0 Å². The number of sulfonamides is 1. The van der Waals surface area contributed by atoms with Crippen LogP contribution in [0.15, 0.2) is 24.3 Å². The summed E-state index contributed by atoms with van der Waals surface area (Å²) in [4.78, 5) is 14.2. The summed E-state index contributed by atoms with van der Waals surface area (Å²) in [7, 11) is -3.16. The average molecular weight is 339 g/mol. The quantitative estimate of drug-likeness (QED) is 0.816. The van der Waals surface area contributed by atoms with Crippen molar-refractivity contribution in [2.75, 3.05) is 31.2 Å². The van der Waals surface area contributed by atoms with Crippen LogP contribution in [-0.2, 0) is 21.2 Å². The normalized spacial score (nSPS) is 17.1. The summed E-state index contributed by atoms with van der Waals surface area (Å²) >= 11 is 0. The van der Waals surface area contributed by atoms with Crippen LogP contribution in [0.1, 0.15) is 25.3 Å². The van der Waals surface area contributed by atoms with E-state index in [1.165, 1.54) is 11.8 Å². The van der Waals surface area contributed by atoms with Crippen molar-refractivity contribution in [2.24, 2.45) is 0 Å². The lowest BCUT2D eigenvalue weighted by atomic mass is 10.1. The molecule has 128 valence electrons. The first-order valence-corrected chi connectivity index (χ1v) is 9.83. The number of aryl methyl sites for hydroxylation is 1. The van der Waals surface area contributed by atoms with Gasteiger partial charge in [0.25, 0.3) is 0 Å². The van der Waals surface area contributed by atoms with E-state index < -0.39 is 10.0 Å². The van der Waals surface area contributed by atoms with E-state index in [1.807, 2.05) is 24.3 Å². The number of nitrogens with one attached hydrogen (secondary N) is 2. The Morgan fingerprint density at radius 1 is 1.30 bits per heavy atom. The SMILES string of the molecule is CCc1cccc(NC(=O)CN2CCC(NS(C)(=O)=O)CC2)c1. The molecule has 1 aliphatic rings. The Hall–Kier alpha value is -1.44. The first kappa shape index (κ1) is 17.9. The molecule has 1 fully saturated rings. The molecule has 23 heavy (non-hydrogen) atoms. The van der Waals surface area contributed by atoms with Gasteiger partial charge in [-0.25, -0.2) is 13.1 Å². The molecule has 6 nitrogen and oxygen atoms in total. The Balaban J connectivity index is 1.78. The third-order valence-corrected chi connectivity index (χ3v) is 4.72. The van der Waals surface area contributed by atoms with Gasteiger partial charge in [-0.1, -0.05) is 19.1 Å². The van der Waals surface area contributed by atoms with Crippen LogP contribution in [-0.4, -0.2) is 51.2 Å². The Bertz CT molecular complexity index is 638. The number of anilines is 1. The molecule has 0 bridgehead atoms. The molecule has 1 amide bonds. The van der Waals surface area contributed by atoms with Crippen molar-refractivity contribution >= 4 is 21.6 Å². The number of amides is 1. The minimum Gasteiger partial charge on any atom is -0.325 e. The molecule has 2 rings (SSSR count). The molecule has 2 N–H and O–H groups in total. The Labute approximate surface area is 138 Å². The van der Waals surface area contributed by atoms with Gasteiger partial charge in [0.15, 0.2) is 0 Å². The van der Waals surface area contributed by atoms with Crippen LogP contribution in [0.25, 0.3) is 0 Å². The predicted octanol–water partition coefficient (Wildman–Crippen LogP) is 1.20. The number of rotatable bonds is 6. The summed E-state index contributed by atoms with van der Waals surface area (Å²) in [5.74, 6) is -0.0345. The smallest absolute Gasteiger partial charge is 0.238 e. The van der Waals surface area contributed by atoms with E-state index in [4.69, 9.17) is 0 Å². The zero-order valence-corrected chi connectivity index (χ0v) is 14.5. The third kappa shape index (κ3) is 6.29. The molecule has 0 atom stereocenters. The van der Waals surface area contributed by atoms with Crippen LogP contribution in [0.2, 0.25) is 0 Å². The van der Waals surface area contributed by atoms with Crippen molar-refractivity contribution in [1.82, 2.24) is 9.62 Å². The second-order valence-electron chi connectivity index (χ2n) is 6.04. The summed E-state index contributed by atoms with van der Waals surface area (Å²) < 4.78 is 25.1. The molecule has 0 spiro atoms. The van der Waals surface area contributed by atoms with E-state index >= 15 is 0 Å². The highest BCUT2D eigenvalue weighted by atomic mass is 32.2. The molecular weight excluding hydrogens is 314 g/mol. The molecule has 1 saturated heterocycles. The topological polar surface area (TPSA) is 78.5 Å². The lowest BCUT2D eigenvalue weighted by Gasteiger charge is -2.31. The number of piperidine rings is 1. The molecule has 7 heteroatoms. The fraction of sp³-hybridized carbons (Fsp3) is 0.562. The Morgan fingerprint density at radius 3 is 2.61 bits per heavy atom. The zero-order chi connectivity index (χ0) is 16.9. The summed E-state index contributed by atoms with van der Waals surface area (Å²) in [6, 6.07) is 7.83. The highest BCUT2D eigenvalue weighted by Crippen LogP contribution is 2.13. The van der Waals surface area contributed by atoms with Gasteiger partial charge in [0.2, 0.25) is 15.9 Å². The summed E-state index contributed by atoms with van der Waals surface area (Å²) in [5, 5.41) is 2.92. The van der Waals surface area contributed by atoms with E-state index in [9.17, 15) is 13.2 Å². The number of carbonyl (C=O) groups is 1. The van der Waals surface area contributed by atoms with Crippen LogP contribution in [0.3, 0.4) is 0 Å². The largest absolute Gasteiger partial charge is 0.325 e. The minimum atomic E-state index is -3.16. The molecule has 0 unspecified atom stereocenters. The molecule has 0 saturated carbocycles. The first-order chi connectivity index (χ1) is 10.9. The molecule has 0 radical (unpaired) electrons. The Morgan fingerprint density at radius 2 is 2.00 bits per heavy atom. The summed E-state index contributed by atoms with van der Waals surface area (Å²) in [6.45, 7) is 3.85. The van der Waals surface area contributed by atoms with Crippen LogP contribution in [0.5, 0.6) is 0 Å². The monoisotopic (exact) mass is 339 g/mol. The van der Waals surface area contributed by atoms with E-state index in [0.29, 0.717) is 6.54 Å². The number of hydrogen-bond acceptors (Lipinski definition) is 4. The van der Waals surface area contributed by atoms with Gasteiger partial charge in [0.1, 0.15) is 0 Å². The number of likely N-dealkylation sites (tertiary alicyclic amines) is 1. The van der Waals surface area contributed by atoms with Gasteiger partial charge in [0, 0.05) is 24.8 Å². The lowest BCUT2D eigenvalue weighted by Crippen LogP contribution is -2.46. The maximum atomic E-state index is 12.1. The van der Waals surface area contributed by atoms with Gasteiger partial charge < -0.3 is 5.32 Å². The number of benzene rings is 1. The molecule has 1 aromatic rings. The van der Waals surface area contributed by atoms with Crippen molar-refractivity contribution in [3.05, 3.63) is 29.8 Å². The maximum absolute atomic E-state index is 12.1. The number of nitrogens with zero attached hydrogens (tertiary/aromatic N) is 1. The van der Waals surface area contributed by atoms with Crippen molar-refractivity contribution < 1.29 is 13.2 Å². The molecule has 1 aromatic carbocycles. The van der Waals surface area contributed by atoms with E-state index in [0.717, 1.165) is 38.0 Å². The van der Waals surface area contributed by atoms with Gasteiger partial charge in [-0.2, -0.15) is 0 Å². The van der Waals surface area contributed by atoms with Crippen LogP contribution in [0.4, 0.5) is 5.69 Å². The molecule has 1 heterocycles. The second-order valence-corrected chi connectivity index (χ2v) is 7.82. The fourth-order valence-corrected chi connectivity index (χ4v) is 3.63. The highest BCUT2D eigenvalue weighted by Gasteiger charge is 2.22. The van der Waals surface area contributed by atoms with Crippen molar-refractivity contribution in [3.8, 4) is 0 Å². The summed E-state index contributed by atoms with van der Waals surface area (Å²) in [5.41, 5.74) is 2.01. The van der Waals surface area contributed by atoms with E-state index in [2.05, 4.69) is 21.9 Å². The fourth-order valence-electron chi connectivity index (χ4n) is 2.78. The Kier molecular flexibility index (Phi) is 6.15. The van der Waals surface area contributed by atoms with Gasteiger partial charge in [0.05, 0.1) is 12.8 Å². The maximum Gasteiger partial charge on any atom is 0.238 e. The van der Waals surface area contributed by atoms with E-state index in [-0.39, 0.29) is 11.9 Å². The van der Waals surface area contributed by atoms with Crippen molar-refractivity contribution in [2.45, 2.75) is 32.2 Å². The molecular formula is C16H25N3O3S. The highest BCUT2D eigenvalue weighted by molar-refractivity contribution is 7.88. The third-order valence-electron chi connectivity index (χ3n) is 3.95.